The normalized spacial score (nSPS) is 13.0. The van der Waals surface area contributed by atoms with E-state index < -0.39 is 0 Å². The summed E-state index contributed by atoms with van der Waals surface area (Å²) >= 11 is 0. The summed E-state index contributed by atoms with van der Waals surface area (Å²) in [6.45, 7) is 1.43. The molecule has 6 heteroatoms. The zero-order valence-corrected chi connectivity index (χ0v) is 13.3. The summed E-state index contributed by atoms with van der Waals surface area (Å²) in [6.07, 6.45) is 3.53. The Kier molecular flexibility index (Phi) is 4.96. The predicted molar refractivity (Wildman–Crippen MR) is 92.1 cm³/mol. The summed E-state index contributed by atoms with van der Waals surface area (Å²) in [5.74, 6) is 2.06. The Hall–Kier alpha value is -3.02. The van der Waals surface area contributed by atoms with Gasteiger partial charge in [-0.15, -0.1) is 0 Å². The van der Waals surface area contributed by atoms with Crippen LogP contribution in [-0.2, 0) is 0 Å². The van der Waals surface area contributed by atoms with Crippen LogP contribution in [0.25, 0.3) is 0 Å². The molecule has 1 aliphatic heterocycles. The molecule has 0 aromatic heterocycles. The molecule has 1 heterocycles. The van der Waals surface area contributed by atoms with Crippen LogP contribution in [-0.4, -0.2) is 44.5 Å². The highest BCUT2D eigenvalue weighted by molar-refractivity contribution is 5.81. The number of aromatic hydroxyl groups is 1. The highest BCUT2D eigenvalue weighted by atomic mass is 16.7. The Balaban J connectivity index is 1.50. The minimum atomic E-state index is 0.114. The second kappa shape index (κ2) is 7.50. The van der Waals surface area contributed by atoms with Crippen LogP contribution in [0.15, 0.2) is 46.4 Å². The molecule has 0 saturated carbocycles. The standard InChI is InChI=1S/C18H18N2O4/c1-22-17-8-13(2-4-15(17)21)10-19-6-7-20-11-14-3-5-16-18(9-14)24-12-23-16/h2-5,8-11,21H,6-7,12H2,1H3. The molecular formula is C18H18N2O4. The topological polar surface area (TPSA) is 72.6 Å². The van der Waals surface area contributed by atoms with Gasteiger partial charge in [-0.1, -0.05) is 0 Å². The molecule has 0 bridgehead atoms. The molecule has 0 radical (unpaired) electrons. The number of nitrogens with zero attached hydrogens (tertiary/aromatic N) is 2. The zero-order valence-electron chi connectivity index (χ0n) is 13.3. The maximum absolute atomic E-state index is 9.54. The average Bonchev–Trinajstić information content (AvgIpc) is 3.07. The van der Waals surface area contributed by atoms with Gasteiger partial charge in [0.25, 0.3) is 0 Å². The molecule has 3 rings (SSSR count). The van der Waals surface area contributed by atoms with Gasteiger partial charge in [0.1, 0.15) is 0 Å². The van der Waals surface area contributed by atoms with E-state index in [9.17, 15) is 5.11 Å². The van der Waals surface area contributed by atoms with Crippen molar-refractivity contribution >= 4 is 12.4 Å². The van der Waals surface area contributed by atoms with Crippen LogP contribution in [0.3, 0.4) is 0 Å². The average molecular weight is 326 g/mol. The number of fused-ring (bicyclic) bond motifs is 1. The third-order valence-corrected chi connectivity index (χ3v) is 3.44. The summed E-state index contributed by atoms with van der Waals surface area (Å²) < 4.78 is 15.6. The monoisotopic (exact) mass is 326 g/mol. The summed E-state index contributed by atoms with van der Waals surface area (Å²) in [7, 11) is 1.51. The number of hydrogen-bond acceptors (Lipinski definition) is 6. The zero-order chi connectivity index (χ0) is 16.8. The van der Waals surface area contributed by atoms with E-state index in [1.165, 1.54) is 7.11 Å². The Labute approximate surface area is 140 Å². The molecule has 24 heavy (non-hydrogen) atoms. The summed E-state index contributed by atoms with van der Waals surface area (Å²) in [4.78, 5) is 8.66. The molecule has 2 aromatic rings. The van der Waals surface area contributed by atoms with Crippen molar-refractivity contribution in [2.45, 2.75) is 0 Å². The molecule has 0 saturated heterocycles. The number of phenolic OH excluding ortho intramolecular Hbond substituents is 1. The van der Waals surface area contributed by atoms with Crippen LogP contribution >= 0.6 is 0 Å². The lowest BCUT2D eigenvalue weighted by atomic mass is 10.2. The Morgan fingerprint density at radius 1 is 1.00 bits per heavy atom. The first-order chi connectivity index (χ1) is 11.8. The molecule has 6 nitrogen and oxygen atoms in total. The van der Waals surface area contributed by atoms with E-state index in [4.69, 9.17) is 14.2 Å². The number of ether oxygens (including phenoxy) is 3. The lowest BCUT2D eigenvalue weighted by Crippen LogP contribution is -1.93. The van der Waals surface area contributed by atoms with Gasteiger partial charge >= 0.3 is 0 Å². The highest BCUT2D eigenvalue weighted by Crippen LogP contribution is 2.32. The Bertz CT molecular complexity index is 751. The van der Waals surface area contributed by atoms with Crippen LogP contribution in [0, 0.1) is 0 Å². The van der Waals surface area contributed by atoms with Crippen molar-refractivity contribution in [2.75, 3.05) is 27.0 Å². The third kappa shape index (κ3) is 3.84. The van der Waals surface area contributed by atoms with Crippen molar-refractivity contribution in [1.82, 2.24) is 0 Å². The SMILES string of the molecule is COc1cc(C=NCCN=Cc2ccc3c(c2)OCO3)ccc1O. The minimum Gasteiger partial charge on any atom is -0.504 e. The lowest BCUT2D eigenvalue weighted by molar-refractivity contribution is 0.174. The van der Waals surface area contributed by atoms with Crippen molar-refractivity contribution in [3.63, 3.8) is 0 Å². The van der Waals surface area contributed by atoms with E-state index in [2.05, 4.69) is 9.98 Å². The number of rotatable bonds is 6. The first kappa shape index (κ1) is 15.9. The first-order valence-corrected chi connectivity index (χ1v) is 7.52. The molecule has 0 aliphatic carbocycles. The molecule has 2 aromatic carbocycles. The van der Waals surface area contributed by atoms with Crippen LogP contribution in [0.2, 0.25) is 0 Å². The summed E-state index contributed by atoms with van der Waals surface area (Å²) in [5.41, 5.74) is 1.83. The molecule has 0 amide bonds. The quantitative estimate of drug-likeness (QED) is 0.654. The second-order valence-electron chi connectivity index (χ2n) is 5.11. The van der Waals surface area contributed by atoms with Crippen molar-refractivity contribution in [2.24, 2.45) is 9.98 Å². The molecule has 0 fully saturated rings. The van der Waals surface area contributed by atoms with Gasteiger partial charge in [-0.3, -0.25) is 9.98 Å². The maximum Gasteiger partial charge on any atom is 0.231 e. The fourth-order valence-corrected chi connectivity index (χ4v) is 2.22. The fraction of sp³-hybridized carbons (Fsp3) is 0.222. The van der Waals surface area contributed by atoms with Crippen molar-refractivity contribution in [1.29, 1.82) is 0 Å². The van der Waals surface area contributed by atoms with Crippen LogP contribution in [0.5, 0.6) is 23.0 Å². The number of methoxy groups -OCH3 is 1. The van der Waals surface area contributed by atoms with Crippen LogP contribution < -0.4 is 14.2 Å². The molecule has 0 unspecified atom stereocenters. The predicted octanol–water partition coefficient (Wildman–Crippen LogP) is 2.67. The molecular weight excluding hydrogens is 308 g/mol. The maximum atomic E-state index is 9.54. The third-order valence-electron chi connectivity index (χ3n) is 3.44. The molecule has 124 valence electrons. The van der Waals surface area contributed by atoms with Gasteiger partial charge in [0.15, 0.2) is 23.0 Å². The molecule has 1 N–H and O–H groups in total. The van der Waals surface area contributed by atoms with Gasteiger partial charge in [-0.05, 0) is 47.5 Å². The molecule has 1 aliphatic rings. The van der Waals surface area contributed by atoms with Crippen LogP contribution in [0.4, 0.5) is 0 Å². The van der Waals surface area contributed by atoms with Gasteiger partial charge in [0.05, 0.1) is 20.2 Å². The number of phenols is 1. The largest absolute Gasteiger partial charge is 0.504 e. The van der Waals surface area contributed by atoms with E-state index in [1.807, 2.05) is 18.2 Å². The van der Waals surface area contributed by atoms with Gasteiger partial charge < -0.3 is 19.3 Å². The van der Waals surface area contributed by atoms with E-state index >= 15 is 0 Å². The highest BCUT2D eigenvalue weighted by Gasteiger charge is 2.12. The van der Waals surface area contributed by atoms with Gasteiger partial charge in [0.2, 0.25) is 6.79 Å². The van der Waals surface area contributed by atoms with Crippen LogP contribution in [0.1, 0.15) is 11.1 Å². The Morgan fingerprint density at radius 2 is 1.67 bits per heavy atom. The van der Waals surface area contributed by atoms with Crippen molar-refractivity contribution in [3.8, 4) is 23.0 Å². The Morgan fingerprint density at radius 3 is 2.42 bits per heavy atom. The summed E-state index contributed by atoms with van der Waals surface area (Å²) in [5, 5.41) is 9.54. The van der Waals surface area contributed by atoms with Gasteiger partial charge in [-0.25, -0.2) is 0 Å². The number of hydrogen-bond donors (Lipinski definition) is 1. The van der Waals surface area contributed by atoms with E-state index in [1.54, 1.807) is 30.6 Å². The fourth-order valence-electron chi connectivity index (χ4n) is 2.22. The van der Waals surface area contributed by atoms with Gasteiger partial charge in [-0.2, -0.15) is 0 Å². The number of benzene rings is 2. The van der Waals surface area contributed by atoms with E-state index in [-0.39, 0.29) is 12.5 Å². The number of aliphatic imine (C=N–C) groups is 2. The molecule has 0 spiro atoms. The van der Waals surface area contributed by atoms with E-state index in [0.717, 1.165) is 22.6 Å². The smallest absolute Gasteiger partial charge is 0.231 e. The minimum absolute atomic E-state index is 0.114. The van der Waals surface area contributed by atoms with Crippen molar-refractivity contribution < 1.29 is 19.3 Å². The second-order valence-corrected chi connectivity index (χ2v) is 5.11. The first-order valence-electron chi connectivity index (χ1n) is 7.52. The lowest BCUT2D eigenvalue weighted by Gasteiger charge is -2.03. The molecule has 0 atom stereocenters. The van der Waals surface area contributed by atoms with E-state index in [0.29, 0.717) is 18.8 Å². The van der Waals surface area contributed by atoms with Crippen molar-refractivity contribution in [3.05, 3.63) is 47.5 Å². The summed E-state index contributed by atoms with van der Waals surface area (Å²) in [6, 6.07) is 10.8. The van der Waals surface area contributed by atoms with Gasteiger partial charge in [0, 0.05) is 12.4 Å².